The number of aliphatic hydroxyl groups is 3. The number of nitriles is 1. The molecule has 0 aromatic heterocycles. The lowest BCUT2D eigenvalue weighted by atomic mass is 10.00. The Hall–Kier alpha value is -3.12. The van der Waals surface area contributed by atoms with E-state index >= 15 is 0 Å². The number of benzene rings is 1. The molecular formula is C23H28Cl2N6O7. The molecule has 4 N–H and O–H groups in total. The fourth-order valence-electron chi connectivity index (χ4n) is 3.46. The summed E-state index contributed by atoms with van der Waals surface area (Å²) in [6.07, 6.45) is -4.96. The molecule has 0 bridgehead atoms. The maximum absolute atomic E-state index is 12.0. The van der Waals surface area contributed by atoms with Gasteiger partial charge in [0.2, 0.25) is 12.2 Å². The van der Waals surface area contributed by atoms with Gasteiger partial charge in [0.1, 0.15) is 6.07 Å². The quantitative estimate of drug-likeness (QED) is 0.370. The van der Waals surface area contributed by atoms with Crippen molar-refractivity contribution >= 4 is 46.7 Å². The Morgan fingerprint density at radius 3 is 2.29 bits per heavy atom. The minimum Gasteiger partial charge on any atom is -0.434 e. The normalized spacial score (nSPS) is 22.4. The first-order chi connectivity index (χ1) is 17.8. The van der Waals surface area contributed by atoms with Gasteiger partial charge in [-0.05, 0) is 44.4 Å². The molecule has 0 saturated heterocycles. The Labute approximate surface area is 229 Å². The van der Waals surface area contributed by atoms with Gasteiger partial charge < -0.3 is 29.5 Å². The third kappa shape index (κ3) is 6.65. The number of carbonyl (C=O) groups is 1. The molecule has 0 radical (unpaired) electrons. The van der Waals surface area contributed by atoms with Crippen LogP contribution in [0.15, 0.2) is 34.0 Å². The number of aliphatic hydroxyl groups excluding tert-OH is 3. The monoisotopic (exact) mass is 570 g/mol. The predicted octanol–water partition coefficient (Wildman–Crippen LogP) is 2.69. The van der Waals surface area contributed by atoms with Gasteiger partial charge in [-0.3, -0.25) is 0 Å². The van der Waals surface area contributed by atoms with Crippen LogP contribution >= 0.6 is 23.2 Å². The number of halogens is 2. The summed E-state index contributed by atoms with van der Waals surface area (Å²) in [6.45, 7) is 8.56. The second-order valence-electron chi connectivity index (χ2n) is 8.85. The molecule has 0 aliphatic carbocycles. The molecule has 2 aliphatic heterocycles. The van der Waals surface area contributed by atoms with E-state index in [2.05, 4.69) is 15.5 Å². The molecule has 1 aromatic carbocycles. The largest absolute Gasteiger partial charge is 0.510 e. The molecule has 3 rings (SSSR count). The van der Waals surface area contributed by atoms with Crippen LogP contribution < -0.4 is 15.1 Å². The van der Waals surface area contributed by atoms with E-state index in [1.54, 1.807) is 19.9 Å². The summed E-state index contributed by atoms with van der Waals surface area (Å²) in [7, 11) is 0. The molecule has 15 heteroatoms. The van der Waals surface area contributed by atoms with Crippen molar-refractivity contribution in [3.8, 4) is 11.8 Å². The summed E-state index contributed by atoms with van der Waals surface area (Å²) < 4.78 is 16.1. The SMILES string of the molecule is CC(C)OC(=O)OC(C)N1N=C(Oc2c(Cl)cc(N3N=C(C#N)C(O)NC3O)cc2Cl)C=C(C(C)C)C1O. The maximum Gasteiger partial charge on any atom is 0.510 e. The van der Waals surface area contributed by atoms with Crippen LogP contribution in [0.1, 0.15) is 34.6 Å². The van der Waals surface area contributed by atoms with Crippen molar-refractivity contribution in [2.45, 2.75) is 65.8 Å². The molecule has 0 fully saturated rings. The van der Waals surface area contributed by atoms with Crippen LogP contribution in [-0.4, -0.2) is 69.2 Å². The molecule has 38 heavy (non-hydrogen) atoms. The standard InChI is InChI=1S/C23H28Cl2N6O7/c1-10(2)14-8-18(29-30(21(14)33)12(5)37-23(35)36-11(3)4)38-19-15(24)6-13(7-16(19)25)31-22(34)27-20(32)17(9-26)28-31/h6-8,10-12,20-22,27,32-34H,1-5H3. The van der Waals surface area contributed by atoms with E-state index in [0.29, 0.717) is 5.57 Å². The van der Waals surface area contributed by atoms with Crippen LogP contribution in [0.3, 0.4) is 0 Å². The van der Waals surface area contributed by atoms with Crippen LogP contribution in [0, 0.1) is 17.2 Å². The highest BCUT2D eigenvalue weighted by molar-refractivity contribution is 6.38. The van der Waals surface area contributed by atoms with E-state index in [9.17, 15) is 20.1 Å². The topological polar surface area (TPSA) is 172 Å². The van der Waals surface area contributed by atoms with Gasteiger partial charge in [-0.2, -0.15) is 10.4 Å². The molecule has 0 saturated carbocycles. The number of hydrogen-bond donors (Lipinski definition) is 4. The van der Waals surface area contributed by atoms with Crippen LogP contribution in [0.4, 0.5) is 10.5 Å². The lowest BCUT2D eigenvalue weighted by Crippen LogP contribution is -2.55. The zero-order valence-corrected chi connectivity index (χ0v) is 22.7. The van der Waals surface area contributed by atoms with Gasteiger partial charge in [0.05, 0.1) is 21.8 Å². The zero-order chi connectivity index (χ0) is 28.3. The number of rotatable bonds is 6. The number of carbonyl (C=O) groups excluding carboxylic acids is 1. The minimum atomic E-state index is -1.47. The average Bonchev–Trinajstić information content (AvgIpc) is 2.81. The summed E-state index contributed by atoms with van der Waals surface area (Å²) in [5.74, 6) is -0.139. The molecule has 4 atom stereocenters. The minimum absolute atomic E-state index is 0.00305. The van der Waals surface area contributed by atoms with E-state index in [-0.39, 0.29) is 39.0 Å². The van der Waals surface area contributed by atoms with Crippen molar-refractivity contribution in [1.29, 1.82) is 5.26 Å². The molecule has 0 spiro atoms. The highest BCUT2D eigenvalue weighted by atomic mass is 35.5. The smallest absolute Gasteiger partial charge is 0.434 e. The van der Waals surface area contributed by atoms with Crippen molar-refractivity contribution in [1.82, 2.24) is 10.3 Å². The van der Waals surface area contributed by atoms with Crippen LogP contribution in [-0.2, 0) is 9.47 Å². The molecule has 4 unspecified atom stereocenters. The maximum atomic E-state index is 12.0. The molecular weight excluding hydrogens is 543 g/mol. The number of anilines is 1. The molecule has 2 heterocycles. The summed E-state index contributed by atoms with van der Waals surface area (Å²) in [4.78, 5) is 12.0. The first-order valence-corrected chi connectivity index (χ1v) is 12.3. The van der Waals surface area contributed by atoms with E-state index in [1.165, 1.54) is 25.1 Å². The summed E-state index contributed by atoms with van der Waals surface area (Å²) in [6, 6.07) is 4.48. The van der Waals surface area contributed by atoms with Gasteiger partial charge in [0, 0.05) is 6.08 Å². The van der Waals surface area contributed by atoms with Crippen molar-refractivity contribution in [3.63, 3.8) is 0 Å². The third-order valence-electron chi connectivity index (χ3n) is 5.27. The summed E-state index contributed by atoms with van der Waals surface area (Å²) in [5, 5.41) is 52.7. The number of nitrogens with zero attached hydrogens (tertiary/aromatic N) is 5. The lowest BCUT2D eigenvalue weighted by molar-refractivity contribution is -0.103. The highest BCUT2D eigenvalue weighted by Crippen LogP contribution is 2.39. The van der Waals surface area contributed by atoms with Gasteiger partial charge in [0.15, 0.2) is 30.1 Å². The van der Waals surface area contributed by atoms with Gasteiger partial charge in [-0.15, -0.1) is 5.10 Å². The van der Waals surface area contributed by atoms with Crippen molar-refractivity contribution in [2.24, 2.45) is 16.1 Å². The zero-order valence-electron chi connectivity index (χ0n) is 21.2. The van der Waals surface area contributed by atoms with E-state index < -0.39 is 37.3 Å². The first-order valence-electron chi connectivity index (χ1n) is 11.5. The van der Waals surface area contributed by atoms with Crippen LogP contribution in [0.25, 0.3) is 0 Å². The summed E-state index contributed by atoms with van der Waals surface area (Å²) >= 11 is 12.9. The average molecular weight is 571 g/mol. The Kier molecular flexibility index (Phi) is 9.42. The van der Waals surface area contributed by atoms with Gasteiger partial charge in [-0.25, -0.2) is 20.1 Å². The van der Waals surface area contributed by atoms with Crippen molar-refractivity contribution in [3.05, 3.63) is 33.8 Å². The lowest BCUT2D eigenvalue weighted by Gasteiger charge is -2.35. The van der Waals surface area contributed by atoms with Crippen LogP contribution in [0.2, 0.25) is 10.0 Å². The fourth-order valence-corrected chi connectivity index (χ4v) is 4.01. The predicted molar refractivity (Wildman–Crippen MR) is 138 cm³/mol. The van der Waals surface area contributed by atoms with Gasteiger partial charge in [-0.1, -0.05) is 37.0 Å². The molecule has 13 nitrogen and oxygen atoms in total. The second kappa shape index (κ2) is 12.2. The third-order valence-corrected chi connectivity index (χ3v) is 5.83. The van der Waals surface area contributed by atoms with E-state index in [1.807, 2.05) is 13.8 Å². The Morgan fingerprint density at radius 2 is 1.74 bits per heavy atom. The van der Waals surface area contributed by atoms with E-state index in [0.717, 1.165) is 10.0 Å². The molecule has 0 amide bonds. The van der Waals surface area contributed by atoms with Crippen molar-refractivity contribution in [2.75, 3.05) is 5.01 Å². The van der Waals surface area contributed by atoms with Gasteiger partial charge in [0.25, 0.3) is 0 Å². The number of nitrogens with one attached hydrogen (secondary N) is 1. The summed E-state index contributed by atoms with van der Waals surface area (Å²) in [5.41, 5.74) is 0.433. The van der Waals surface area contributed by atoms with Crippen molar-refractivity contribution < 1.29 is 34.3 Å². The number of hydrogen-bond acceptors (Lipinski definition) is 13. The van der Waals surface area contributed by atoms with Crippen LogP contribution in [0.5, 0.6) is 5.75 Å². The molecule has 2 aliphatic rings. The van der Waals surface area contributed by atoms with E-state index in [4.69, 9.17) is 42.7 Å². The number of hydrazone groups is 2. The van der Waals surface area contributed by atoms with Gasteiger partial charge >= 0.3 is 6.16 Å². The Balaban J connectivity index is 1.91. The fraction of sp³-hybridized carbons (Fsp3) is 0.478. The Morgan fingerprint density at radius 1 is 1.11 bits per heavy atom. The first kappa shape index (κ1) is 29.4. The highest BCUT2D eigenvalue weighted by Gasteiger charge is 2.33. The Bertz CT molecular complexity index is 1180. The number of ether oxygens (including phenoxy) is 3. The molecule has 1 aromatic rings. The molecule has 206 valence electrons. The second-order valence-corrected chi connectivity index (χ2v) is 9.66.